The Morgan fingerprint density at radius 1 is 1.50 bits per heavy atom. The normalized spacial score (nSPS) is 17.7. The molecule has 1 fully saturated rings. The third kappa shape index (κ3) is 3.33. The molecule has 118 valence electrons. The second-order valence-electron chi connectivity index (χ2n) is 5.66. The third-order valence-electron chi connectivity index (χ3n) is 3.92. The minimum atomic E-state index is -1.32. The van der Waals surface area contributed by atoms with E-state index < -0.39 is 5.67 Å². The molecule has 1 N–H and O–H groups in total. The first-order valence-corrected chi connectivity index (χ1v) is 8.39. The van der Waals surface area contributed by atoms with Gasteiger partial charge in [-0.15, -0.1) is 0 Å². The number of fused-ring (bicyclic) bond motifs is 1. The van der Waals surface area contributed by atoms with Crippen LogP contribution in [-0.2, 0) is 4.79 Å². The summed E-state index contributed by atoms with van der Waals surface area (Å²) in [6.45, 7) is 2.70. The minimum absolute atomic E-state index is 0.0889. The molecule has 0 aliphatic carbocycles. The zero-order chi connectivity index (χ0) is 15.7. The zero-order valence-corrected chi connectivity index (χ0v) is 13.8. The lowest BCUT2D eigenvalue weighted by molar-refractivity contribution is -0.119. The van der Waals surface area contributed by atoms with Crippen LogP contribution < -0.4 is 10.2 Å². The molecular weight excluding hydrogens is 325 g/mol. The van der Waals surface area contributed by atoms with Gasteiger partial charge in [-0.05, 0) is 18.2 Å². The summed E-state index contributed by atoms with van der Waals surface area (Å²) in [5.41, 5.74) is -0.401. The SMILES string of the molecule is CC(=O)NCC1(F)CCN(c2nc3ccc(Cl)cc3s2)CC1. The van der Waals surface area contributed by atoms with Gasteiger partial charge in [0.15, 0.2) is 5.13 Å². The van der Waals surface area contributed by atoms with Gasteiger partial charge in [-0.2, -0.15) is 0 Å². The summed E-state index contributed by atoms with van der Waals surface area (Å²) in [6, 6.07) is 5.62. The highest BCUT2D eigenvalue weighted by atomic mass is 35.5. The number of anilines is 1. The number of nitrogens with one attached hydrogen (secondary N) is 1. The number of thiazole rings is 1. The van der Waals surface area contributed by atoms with Gasteiger partial charge >= 0.3 is 0 Å². The molecule has 1 aromatic carbocycles. The van der Waals surface area contributed by atoms with Crippen LogP contribution in [0.1, 0.15) is 19.8 Å². The lowest BCUT2D eigenvalue weighted by Gasteiger charge is -2.36. The van der Waals surface area contributed by atoms with E-state index >= 15 is 0 Å². The summed E-state index contributed by atoms with van der Waals surface area (Å²) >= 11 is 7.57. The van der Waals surface area contributed by atoms with Crippen LogP contribution in [0.15, 0.2) is 18.2 Å². The number of nitrogens with zero attached hydrogens (tertiary/aromatic N) is 2. The number of rotatable bonds is 3. The second kappa shape index (κ2) is 6.01. The maximum Gasteiger partial charge on any atom is 0.216 e. The van der Waals surface area contributed by atoms with Crippen LogP contribution in [-0.4, -0.2) is 36.2 Å². The van der Waals surface area contributed by atoms with Crippen LogP contribution in [0.5, 0.6) is 0 Å². The quantitative estimate of drug-likeness (QED) is 0.930. The topological polar surface area (TPSA) is 45.2 Å². The van der Waals surface area contributed by atoms with Crippen molar-refractivity contribution in [3.63, 3.8) is 0 Å². The number of aromatic nitrogens is 1. The van der Waals surface area contributed by atoms with E-state index in [1.165, 1.54) is 6.92 Å². The molecule has 2 heterocycles. The molecule has 0 bridgehead atoms. The van der Waals surface area contributed by atoms with Crippen LogP contribution >= 0.6 is 22.9 Å². The summed E-state index contributed by atoms with van der Waals surface area (Å²) in [7, 11) is 0. The van der Waals surface area contributed by atoms with E-state index in [1.807, 2.05) is 18.2 Å². The monoisotopic (exact) mass is 341 g/mol. The van der Waals surface area contributed by atoms with Crippen molar-refractivity contribution >= 4 is 44.2 Å². The Labute approximate surface area is 137 Å². The van der Waals surface area contributed by atoms with Gasteiger partial charge < -0.3 is 10.2 Å². The van der Waals surface area contributed by atoms with E-state index in [2.05, 4.69) is 15.2 Å². The molecule has 22 heavy (non-hydrogen) atoms. The Kier molecular flexibility index (Phi) is 4.23. The first kappa shape index (κ1) is 15.5. The van der Waals surface area contributed by atoms with Crippen molar-refractivity contribution in [1.29, 1.82) is 0 Å². The van der Waals surface area contributed by atoms with Gasteiger partial charge in [0.1, 0.15) is 5.67 Å². The van der Waals surface area contributed by atoms with Crippen molar-refractivity contribution in [2.75, 3.05) is 24.5 Å². The number of piperidine rings is 1. The van der Waals surface area contributed by atoms with E-state index in [9.17, 15) is 9.18 Å². The number of carbonyl (C=O) groups is 1. The van der Waals surface area contributed by atoms with Gasteiger partial charge in [0.05, 0.1) is 16.8 Å². The highest BCUT2D eigenvalue weighted by Crippen LogP contribution is 2.34. The third-order valence-corrected chi connectivity index (χ3v) is 5.24. The van der Waals surface area contributed by atoms with Crippen LogP contribution in [0.3, 0.4) is 0 Å². The first-order chi connectivity index (χ1) is 10.5. The Bertz CT molecular complexity index is 697. The van der Waals surface area contributed by atoms with E-state index in [1.54, 1.807) is 11.3 Å². The summed E-state index contributed by atoms with van der Waals surface area (Å²) < 4.78 is 15.6. The predicted molar refractivity (Wildman–Crippen MR) is 88.6 cm³/mol. The largest absolute Gasteiger partial charge is 0.353 e. The highest BCUT2D eigenvalue weighted by Gasteiger charge is 2.35. The van der Waals surface area contributed by atoms with Crippen LogP contribution in [0.2, 0.25) is 5.02 Å². The average molecular weight is 342 g/mol. The van der Waals surface area contributed by atoms with Gasteiger partial charge in [-0.1, -0.05) is 22.9 Å². The summed E-state index contributed by atoms with van der Waals surface area (Å²) in [5, 5.41) is 4.17. The predicted octanol–water partition coefficient (Wildman–Crippen LogP) is 3.39. The molecule has 1 saturated heterocycles. The van der Waals surface area contributed by atoms with Gasteiger partial charge in [0, 0.05) is 37.9 Å². The average Bonchev–Trinajstić information content (AvgIpc) is 2.89. The Morgan fingerprint density at radius 2 is 2.23 bits per heavy atom. The molecular formula is C15H17ClFN3OS. The van der Waals surface area contributed by atoms with E-state index in [-0.39, 0.29) is 12.5 Å². The van der Waals surface area contributed by atoms with Crippen LogP contribution in [0, 0.1) is 0 Å². The summed E-state index contributed by atoms with van der Waals surface area (Å²) in [4.78, 5) is 17.6. The number of amides is 1. The van der Waals surface area contributed by atoms with E-state index in [0.717, 1.165) is 15.3 Å². The van der Waals surface area contributed by atoms with Crippen LogP contribution in [0.4, 0.5) is 9.52 Å². The number of halogens is 2. The van der Waals surface area contributed by atoms with Crippen molar-refractivity contribution < 1.29 is 9.18 Å². The fraction of sp³-hybridized carbons (Fsp3) is 0.467. The number of alkyl halides is 1. The fourth-order valence-electron chi connectivity index (χ4n) is 2.58. The molecule has 7 heteroatoms. The molecule has 2 aromatic rings. The van der Waals surface area contributed by atoms with Gasteiger partial charge in [0.2, 0.25) is 5.91 Å². The molecule has 1 amide bonds. The Balaban J connectivity index is 1.68. The van der Waals surface area contributed by atoms with Gasteiger partial charge in [0.25, 0.3) is 0 Å². The molecule has 0 radical (unpaired) electrons. The van der Waals surface area contributed by atoms with Crippen molar-refractivity contribution in [2.24, 2.45) is 0 Å². The van der Waals surface area contributed by atoms with Crippen molar-refractivity contribution in [3.05, 3.63) is 23.2 Å². The smallest absolute Gasteiger partial charge is 0.216 e. The molecule has 3 rings (SSSR count). The summed E-state index contributed by atoms with van der Waals surface area (Å²) in [5.74, 6) is -0.192. The molecule has 1 aliphatic rings. The molecule has 0 unspecified atom stereocenters. The zero-order valence-electron chi connectivity index (χ0n) is 12.2. The molecule has 4 nitrogen and oxygen atoms in total. The lowest BCUT2D eigenvalue weighted by atomic mass is 9.93. The molecule has 0 atom stereocenters. The highest BCUT2D eigenvalue weighted by molar-refractivity contribution is 7.22. The Hall–Kier alpha value is -1.40. The standard InChI is InChI=1S/C15H17ClFN3OS/c1-10(21)18-9-15(17)4-6-20(7-5-15)14-19-12-3-2-11(16)8-13(12)22-14/h2-3,8H,4-7,9H2,1H3,(H,18,21). The number of benzene rings is 1. The van der Waals surface area contributed by atoms with Crippen molar-refractivity contribution in [1.82, 2.24) is 10.3 Å². The van der Waals surface area contributed by atoms with Crippen molar-refractivity contribution in [3.8, 4) is 0 Å². The van der Waals surface area contributed by atoms with Gasteiger partial charge in [-0.3, -0.25) is 4.79 Å². The summed E-state index contributed by atoms with van der Waals surface area (Å²) in [6.07, 6.45) is 0.786. The van der Waals surface area contributed by atoms with E-state index in [0.29, 0.717) is 31.0 Å². The molecule has 1 aliphatic heterocycles. The second-order valence-corrected chi connectivity index (χ2v) is 7.10. The Morgan fingerprint density at radius 3 is 2.91 bits per heavy atom. The maximum atomic E-state index is 14.6. The number of hydrogen-bond acceptors (Lipinski definition) is 4. The number of hydrogen-bond donors (Lipinski definition) is 1. The van der Waals surface area contributed by atoms with E-state index in [4.69, 9.17) is 11.6 Å². The van der Waals surface area contributed by atoms with Crippen LogP contribution in [0.25, 0.3) is 10.2 Å². The molecule has 0 saturated carbocycles. The van der Waals surface area contributed by atoms with Gasteiger partial charge in [-0.25, -0.2) is 9.37 Å². The minimum Gasteiger partial charge on any atom is -0.353 e. The molecule has 1 aromatic heterocycles. The molecule has 0 spiro atoms. The number of carbonyl (C=O) groups excluding carboxylic acids is 1. The maximum absolute atomic E-state index is 14.6. The lowest BCUT2D eigenvalue weighted by Crippen LogP contribution is -2.48. The van der Waals surface area contributed by atoms with Crippen molar-refractivity contribution in [2.45, 2.75) is 25.4 Å². The first-order valence-electron chi connectivity index (χ1n) is 7.20. The fourth-order valence-corrected chi connectivity index (χ4v) is 3.87.